The molecule has 0 atom stereocenters. The number of hydrogen-bond donors (Lipinski definition) is 1. The topological polar surface area (TPSA) is 57.4 Å². The Bertz CT molecular complexity index is 582. The fraction of sp³-hybridized carbons (Fsp3) is 0.0833. The van der Waals surface area contributed by atoms with Gasteiger partial charge in [-0.15, -0.1) is 13.2 Å². The molecule has 0 saturated carbocycles. The van der Waals surface area contributed by atoms with Crippen molar-refractivity contribution in [1.29, 1.82) is 0 Å². The predicted molar refractivity (Wildman–Crippen MR) is 69.5 cm³/mol. The molecule has 1 aromatic heterocycles. The number of benzene rings is 1. The molecule has 2 aromatic rings. The molecule has 0 amide bonds. The van der Waals surface area contributed by atoms with Crippen molar-refractivity contribution >= 4 is 21.6 Å². The summed E-state index contributed by atoms with van der Waals surface area (Å²) in [6.45, 7) is 0. The Labute approximate surface area is 120 Å². The summed E-state index contributed by atoms with van der Waals surface area (Å²) in [5.41, 5.74) is 5.99. The normalized spacial score (nSPS) is 11.2. The van der Waals surface area contributed by atoms with Crippen LogP contribution in [0.25, 0.3) is 0 Å². The Balaban J connectivity index is 2.15. The van der Waals surface area contributed by atoms with Gasteiger partial charge in [0.05, 0.1) is 16.4 Å². The summed E-state index contributed by atoms with van der Waals surface area (Å²) >= 11 is 3.22. The van der Waals surface area contributed by atoms with E-state index < -0.39 is 6.36 Å². The zero-order valence-corrected chi connectivity index (χ0v) is 11.4. The summed E-state index contributed by atoms with van der Waals surface area (Å²) in [6, 6.07) is 4.98. The van der Waals surface area contributed by atoms with Gasteiger partial charge in [-0.05, 0) is 40.2 Å². The number of alkyl halides is 3. The van der Waals surface area contributed by atoms with Crippen LogP contribution in [0.15, 0.2) is 41.1 Å². The average Bonchev–Trinajstić information content (AvgIpc) is 2.34. The number of nitrogens with two attached hydrogens (primary N) is 1. The highest BCUT2D eigenvalue weighted by atomic mass is 79.9. The van der Waals surface area contributed by atoms with Crippen LogP contribution < -0.4 is 15.2 Å². The number of hydrogen-bond acceptors (Lipinski definition) is 4. The van der Waals surface area contributed by atoms with Crippen molar-refractivity contribution < 1.29 is 22.6 Å². The fourth-order valence-corrected chi connectivity index (χ4v) is 1.80. The third-order valence-electron chi connectivity index (χ3n) is 2.16. The number of anilines is 1. The number of halogens is 4. The van der Waals surface area contributed by atoms with E-state index in [9.17, 15) is 13.2 Å². The lowest BCUT2D eigenvalue weighted by Crippen LogP contribution is -2.16. The van der Waals surface area contributed by atoms with Crippen molar-refractivity contribution in [3.63, 3.8) is 0 Å². The van der Waals surface area contributed by atoms with E-state index in [-0.39, 0.29) is 5.75 Å². The van der Waals surface area contributed by atoms with Crippen molar-refractivity contribution in [3.8, 4) is 17.2 Å². The van der Waals surface area contributed by atoms with E-state index in [1.54, 1.807) is 0 Å². The largest absolute Gasteiger partial charge is 0.573 e. The van der Waals surface area contributed by atoms with Gasteiger partial charge in [-0.3, -0.25) is 4.98 Å². The molecule has 0 spiro atoms. The summed E-state index contributed by atoms with van der Waals surface area (Å²) in [5, 5.41) is 0. The van der Waals surface area contributed by atoms with E-state index in [1.807, 2.05) is 0 Å². The molecule has 0 unspecified atom stereocenters. The minimum Gasteiger partial charge on any atom is -0.454 e. The summed E-state index contributed by atoms with van der Waals surface area (Å²) in [5.74, 6) is 0.328. The maximum atomic E-state index is 12.0. The van der Waals surface area contributed by atoms with Gasteiger partial charge in [-0.25, -0.2) is 0 Å². The molecule has 1 heterocycles. The monoisotopic (exact) mass is 348 g/mol. The minimum absolute atomic E-state index is 0.301. The van der Waals surface area contributed by atoms with Gasteiger partial charge in [0.1, 0.15) is 11.5 Å². The fourth-order valence-electron chi connectivity index (χ4n) is 1.37. The molecule has 20 heavy (non-hydrogen) atoms. The molecule has 2 N–H and O–H groups in total. The van der Waals surface area contributed by atoms with Crippen LogP contribution in [0.3, 0.4) is 0 Å². The van der Waals surface area contributed by atoms with Crippen LogP contribution in [0.1, 0.15) is 0 Å². The summed E-state index contributed by atoms with van der Waals surface area (Å²) in [7, 11) is 0. The zero-order valence-electron chi connectivity index (χ0n) is 9.82. The average molecular weight is 349 g/mol. The van der Waals surface area contributed by atoms with E-state index in [2.05, 4.69) is 25.7 Å². The Hall–Kier alpha value is -1.96. The van der Waals surface area contributed by atoms with Gasteiger partial charge in [0.25, 0.3) is 0 Å². The van der Waals surface area contributed by atoms with Gasteiger partial charge >= 0.3 is 6.36 Å². The highest BCUT2D eigenvalue weighted by Gasteiger charge is 2.30. The first kappa shape index (κ1) is 14.4. The molecule has 8 heteroatoms. The molecule has 0 aliphatic rings. The lowest BCUT2D eigenvalue weighted by Gasteiger charge is -2.11. The third kappa shape index (κ3) is 3.77. The van der Waals surface area contributed by atoms with E-state index in [1.165, 1.54) is 24.5 Å². The molecule has 4 nitrogen and oxygen atoms in total. The lowest BCUT2D eigenvalue weighted by atomic mass is 10.3. The molecule has 0 bridgehead atoms. The molecule has 2 rings (SSSR count). The van der Waals surface area contributed by atoms with Crippen molar-refractivity contribution in [2.75, 3.05) is 5.73 Å². The Morgan fingerprint density at radius 1 is 1.05 bits per heavy atom. The second-order valence-electron chi connectivity index (χ2n) is 3.66. The first-order valence-corrected chi connectivity index (χ1v) is 6.07. The predicted octanol–water partition coefficient (Wildman–Crippen LogP) is 4.12. The van der Waals surface area contributed by atoms with E-state index >= 15 is 0 Å². The van der Waals surface area contributed by atoms with Crippen molar-refractivity contribution in [3.05, 3.63) is 41.1 Å². The van der Waals surface area contributed by atoms with Gasteiger partial charge in [0.2, 0.25) is 0 Å². The number of pyridine rings is 1. The molecular weight excluding hydrogens is 341 g/mol. The van der Waals surface area contributed by atoms with Crippen molar-refractivity contribution in [1.82, 2.24) is 4.98 Å². The van der Waals surface area contributed by atoms with E-state index in [4.69, 9.17) is 10.5 Å². The maximum Gasteiger partial charge on any atom is 0.573 e. The Morgan fingerprint density at radius 2 is 1.65 bits per heavy atom. The van der Waals surface area contributed by atoms with Crippen LogP contribution >= 0.6 is 15.9 Å². The molecule has 0 saturated heterocycles. The van der Waals surface area contributed by atoms with Crippen LogP contribution in [0.4, 0.5) is 18.9 Å². The number of aromatic nitrogens is 1. The summed E-state index contributed by atoms with van der Waals surface area (Å²) in [6.07, 6.45) is -1.82. The van der Waals surface area contributed by atoms with Gasteiger partial charge in [-0.1, -0.05) is 0 Å². The Morgan fingerprint density at radius 3 is 2.20 bits per heavy atom. The first-order chi connectivity index (χ1) is 9.35. The van der Waals surface area contributed by atoms with Gasteiger partial charge in [0, 0.05) is 6.20 Å². The number of nitrogen functional groups attached to an aromatic ring is 1. The van der Waals surface area contributed by atoms with Crippen LogP contribution in [-0.4, -0.2) is 11.3 Å². The van der Waals surface area contributed by atoms with Crippen LogP contribution in [-0.2, 0) is 0 Å². The van der Waals surface area contributed by atoms with Gasteiger partial charge in [-0.2, -0.15) is 0 Å². The van der Waals surface area contributed by atoms with E-state index in [0.29, 0.717) is 21.7 Å². The second kappa shape index (κ2) is 5.58. The Kier molecular flexibility index (Phi) is 4.03. The summed E-state index contributed by atoms with van der Waals surface area (Å²) in [4.78, 5) is 3.84. The van der Waals surface area contributed by atoms with Crippen LogP contribution in [0.2, 0.25) is 0 Å². The summed E-state index contributed by atoms with van der Waals surface area (Å²) < 4.78 is 45.8. The van der Waals surface area contributed by atoms with Crippen LogP contribution in [0.5, 0.6) is 17.2 Å². The van der Waals surface area contributed by atoms with Crippen LogP contribution in [0, 0.1) is 0 Å². The SMILES string of the molecule is Nc1cncc(Br)c1Oc1ccc(OC(F)(F)F)cc1. The number of rotatable bonds is 3. The van der Waals surface area contributed by atoms with Crippen molar-refractivity contribution in [2.24, 2.45) is 0 Å². The second-order valence-corrected chi connectivity index (χ2v) is 4.52. The van der Waals surface area contributed by atoms with Crippen molar-refractivity contribution in [2.45, 2.75) is 6.36 Å². The highest BCUT2D eigenvalue weighted by molar-refractivity contribution is 9.10. The maximum absolute atomic E-state index is 12.0. The molecule has 0 radical (unpaired) electrons. The van der Waals surface area contributed by atoms with Gasteiger partial charge in [0.15, 0.2) is 5.75 Å². The molecular formula is C12H8BrF3N2O2. The smallest absolute Gasteiger partial charge is 0.454 e. The highest BCUT2D eigenvalue weighted by Crippen LogP contribution is 2.34. The first-order valence-electron chi connectivity index (χ1n) is 5.28. The molecule has 1 aromatic carbocycles. The third-order valence-corrected chi connectivity index (χ3v) is 2.72. The number of ether oxygens (including phenoxy) is 2. The number of nitrogens with zero attached hydrogens (tertiary/aromatic N) is 1. The standard InChI is InChI=1S/C12H8BrF3N2O2/c13-9-5-18-6-10(17)11(9)19-7-1-3-8(4-2-7)20-12(14,15)16/h1-6H,17H2. The quantitative estimate of drug-likeness (QED) is 0.906. The zero-order chi connectivity index (χ0) is 14.8. The van der Waals surface area contributed by atoms with E-state index in [0.717, 1.165) is 12.1 Å². The molecule has 106 valence electrons. The molecule has 0 aliphatic heterocycles. The molecule has 0 aliphatic carbocycles. The van der Waals surface area contributed by atoms with Gasteiger partial charge < -0.3 is 15.2 Å². The minimum atomic E-state index is -4.72. The lowest BCUT2D eigenvalue weighted by molar-refractivity contribution is -0.274. The molecule has 0 fully saturated rings.